The molecule has 2 aromatic rings. The first-order valence-corrected chi connectivity index (χ1v) is 13.2. The predicted molar refractivity (Wildman–Crippen MR) is 131 cm³/mol. The van der Waals surface area contributed by atoms with Gasteiger partial charge in [-0.2, -0.15) is 0 Å². The van der Waals surface area contributed by atoms with Gasteiger partial charge >= 0.3 is 0 Å². The van der Waals surface area contributed by atoms with E-state index in [1.165, 1.54) is 25.7 Å². The van der Waals surface area contributed by atoms with Crippen LogP contribution < -0.4 is 0 Å². The lowest BCUT2D eigenvalue weighted by molar-refractivity contribution is 0.293. The lowest BCUT2D eigenvalue weighted by Gasteiger charge is -2.29. The maximum atomic E-state index is 15.1. The summed E-state index contributed by atoms with van der Waals surface area (Å²) in [6, 6.07) is 10.8. The molecule has 180 valence electrons. The van der Waals surface area contributed by atoms with Crippen LogP contribution in [0.25, 0.3) is 11.1 Å². The average molecular weight is 457 g/mol. The lowest BCUT2D eigenvalue weighted by Crippen LogP contribution is -2.14. The standard InChI is InChI=1S/C30H39F3/c1-2-4-21-6-10-23(11-7-21)25-14-16-27(29(32)19-25)28-17-15-26(20-30(28)33)24-12-8-22(9-13-24)5-3-18-31/h14-17,19-24H,2-13,18H2,1H3. The van der Waals surface area contributed by atoms with Crippen molar-refractivity contribution in [3.05, 3.63) is 59.2 Å². The molecule has 0 spiro atoms. The highest BCUT2D eigenvalue weighted by Gasteiger charge is 2.25. The van der Waals surface area contributed by atoms with E-state index in [1.807, 2.05) is 12.1 Å². The average Bonchev–Trinajstić information content (AvgIpc) is 2.84. The highest BCUT2D eigenvalue weighted by atomic mass is 19.1. The summed E-state index contributed by atoms with van der Waals surface area (Å²) in [7, 11) is 0. The molecule has 0 amide bonds. The Morgan fingerprint density at radius 2 is 1.12 bits per heavy atom. The Bertz CT molecular complexity index is 889. The van der Waals surface area contributed by atoms with E-state index in [0.717, 1.165) is 62.0 Å². The monoisotopic (exact) mass is 456 g/mol. The molecule has 0 radical (unpaired) electrons. The van der Waals surface area contributed by atoms with Crippen LogP contribution in [-0.4, -0.2) is 6.67 Å². The van der Waals surface area contributed by atoms with Crippen LogP contribution in [0.2, 0.25) is 0 Å². The fourth-order valence-corrected chi connectivity index (χ4v) is 6.35. The Kier molecular flexibility index (Phi) is 8.55. The molecular formula is C30H39F3. The molecule has 33 heavy (non-hydrogen) atoms. The van der Waals surface area contributed by atoms with Crippen molar-refractivity contribution in [2.45, 2.75) is 95.8 Å². The van der Waals surface area contributed by atoms with Gasteiger partial charge in [-0.3, -0.25) is 4.39 Å². The van der Waals surface area contributed by atoms with Crippen molar-refractivity contribution in [1.82, 2.24) is 0 Å². The molecule has 3 heteroatoms. The van der Waals surface area contributed by atoms with E-state index >= 15 is 8.78 Å². The smallest absolute Gasteiger partial charge is 0.131 e. The summed E-state index contributed by atoms with van der Waals surface area (Å²) < 4.78 is 42.6. The van der Waals surface area contributed by atoms with E-state index in [1.54, 1.807) is 24.3 Å². The number of hydrogen-bond donors (Lipinski definition) is 0. The van der Waals surface area contributed by atoms with Crippen LogP contribution in [0.15, 0.2) is 36.4 Å². The third kappa shape index (κ3) is 6.03. The SMILES string of the molecule is CCCC1CCC(c2ccc(-c3ccc(C4CCC(CCCF)CC4)cc3F)c(F)c2)CC1. The van der Waals surface area contributed by atoms with Gasteiger partial charge in [-0.05, 0) is 111 Å². The molecule has 0 nitrogen and oxygen atoms in total. The number of rotatable bonds is 8. The zero-order chi connectivity index (χ0) is 23.2. The van der Waals surface area contributed by atoms with Crippen LogP contribution in [0.1, 0.15) is 107 Å². The minimum atomic E-state index is -0.334. The van der Waals surface area contributed by atoms with Crippen LogP contribution >= 0.6 is 0 Å². The Morgan fingerprint density at radius 3 is 1.52 bits per heavy atom. The Balaban J connectivity index is 1.41. The quantitative estimate of drug-likeness (QED) is 0.371. The first-order valence-electron chi connectivity index (χ1n) is 13.2. The summed E-state index contributed by atoms with van der Waals surface area (Å²) in [5, 5.41) is 0. The summed E-state index contributed by atoms with van der Waals surface area (Å²) in [5.74, 6) is 1.56. The first-order chi connectivity index (χ1) is 16.1. The van der Waals surface area contributed by atoms with Gasteiger partial charge in [-0.1, -0.05) is 44.0 Å². The normalized spacial score (nSPS) is 25.8. The summed E-state index contributed by atoms with van der Waals surface area (Å²) in [5.41, 5.74) is 2.79. The Hall–Kier alpha value is -1.77. The van der Waals surface area contributed by atoms with Gasteiger partial charge in [-0.25, -0.2) is 8.78 Å². The van der Waals surface area contributed by atoms with Crippen molar-refractivity contribution in [1.29, 1.82) is 0 Å². The van der Waals surface area contributed by atoms with Gasteiger partial charge in [0.05, 0.1) is 6.67 Å². The summed E-state index contributed by atoms with van der Waals surface area (Å²) in [4.78, 5) is 0. The second-order valence-electron chi connectivity index (χ2n) is 10.5. The highest BCUT2D eigenvalue weighted by molar-refractivity contribution is 5.66. The molecule has 0 N–H and O–H groups in total. The Morgan fingerprint density at radius 1 is 0.667 bits per heavy atom. The van der Waals surface area contributed by atoms with Crippen molar-refractivity contribution in [2.75, 3.05) is 6.67 Å². The third-order valence-corrected chi connectivity index (χ3v) is 8.36. The van der Waals surface area contributed by atoms with Gasteiger partial charge in [0.1, 0.15) is 11.6 Å². The molecule has 2 aliphatic carbocycles. The number of alkyl halides is 1. The van der Waals surface area contributed by atoms with E-state index < -0.39 is 0 Å². The molecule has 0 saturated heterocycles. The molecule has 0 heterocycles. The molecule has 2 aromatic carbocycles. The fourth-order valence-electron chi connectivity index (χ4n) is 6.35. The largest absolute Gasteiger partial charge is 0.251 e. The molecule has 2 fully saturated rings. The van der Waals surface area contributed by atoms with Crippen molar-refractivity contribution in [3.8, 4) is 11.1 Å². The van der Waals surface area contributed by atoms with Crippen LogP contribution in [-0.2, 0) is 0 Å². The minimum Gasteiger partial charge on any atom is -0.251 e. The van der Waals surface area contributed by atoms with Crippen LogP contribution in [0, 0.1) is 23.5 Å². The number of benzene rings is 2. The number of halogens is 3. The summed E-state index contributed by atoms with van der Waals surface area (Å²) in [6.45, 7) is 2.01. The van der Waals surface area contributed by atoms with E-state index in [4.69, 9.17) is 0 Å². The second kappa shape index (κ2) is 11.6. The molecule has 0 aliphatic heterocycles. The molecule has 2 aliphatic rings. The maximum Gasteiger partial charge on any atom is 0.131 e. The van der Waals surface area contributed by atoms with Gasteiger partial charge in [-0.15, -0.1) is 0 Å². The molecule has 0 bridgehead atoms. The minimum absolute atomic E-state index is 0.232. The molecule has 0 unspecified atom stereocenters. The van der Waals surface area contributed by atoms with Gasteiger partial charge in [0.25, 0.3) is 0 Å². The lowest BCUT2D eigenvalue weighted by atomic mass is 9.76. The Labute approximate surface area is 198 Å². The van der Waals surface area contributed by atoms with Gasteiger partial charge in [0.15, 0.2) is 0 Å². The van der Waals surface area contributed by atoms with Crippen LogP contribution in [0.5, 0.6) is 0 Å². The van der Waals surface area contributed by atoms with E-state index in [0.29, 0.717) is 35.3 Å². The molecule has 0 aromatic heterocycles. The van der Waals surface area contributed by atoms with Crippen molar-refractivity contribution in [2.24, 2.45) is 11.8 Å². The molecule has 0 atom stereocenters. The predicted octanol–water partition coefficient (Wildman–Crippen LogP) is 9.73. The van der Waals surface area contributed by atoms with Crippen molar-refractivity contribution >= 4 is 0 Å². The zero-order valence-corrected chi connectivity index (χ0v) is 20.1. The second-order valence-corrected chi connectivity index (χ2v) is 10.5. The maximum absolute atomic E-state index is 15.1. The van der Waals surface area contributed by atoms with E-state index in [2.05, 4.69) is 6.92 Å². The zero-order valence-electron chi connectivity index (χ0n) is 20.1. The van der Waals surface area contributed by atoms with Crippen LogP contribution in [0.4, 0.5) is 13.2 Å². The van der Waals surface area contributed by atoms with Gasteiger partial charge in [0.2, 0.25) is 0 Å². The molecule has 4 rings (SSSR count). The highest BCUT2D eigenvalue weighted by Crippen LogP contribution is 2.40. The first kappa shape index (κ1) is 24.4. The van der Waals surface area contributed by atoms with Gasteiger partial charge < -0.3 is 0 Å². The van der Waals surface area contributed by atoms with Gasteiger partial charge in [0, 0.05) is 11.1 Å². The fraction of sp³-hybridized carbons (Fsp3) is 0.600. The van der Waals surface area contributed by atoms with Crippen LogP contribution in [0.3, 0.4) is 0 Å². The number of hydrogen-bond acceptors (Lipinski definition) is 0. The molecular weight excluding hydrogens is 417 g/mol. The third-order valence-electron chi connectivity index (χ3n) is 8.36. The van der Waals surface area contributed by atoms with E-state index in [-0.39, 0.29) is 18.3 Å². The van der Waals surface area contributed by atoms with Crippen molar-refractivity contribution < 1.29 is 13.2 Å². The summed E-state index contributed by atoms with van der Waals surface area (Å²) >= 11 is 0. The molecule has 2 saturated carbocycles. The van der Waals surface area contributed by atoms with E-state index in [9.17, 15) is 4.39 Å². The summed E-state index contributed by atoms with van der Waals surface area (Å²) in [6.07, 6.45) is 13.1. The van der Waals surface area contributed by atoms with Crippen molar-refractivity contribution in [3.63, 3.8) is 0 Å². The topological polar surface area (TPSA) is 0 Å².